The molecule has 126 valence electrons. The molecule has 1 unspecified atom stereocenters. The van der Waals surface area contributed by atoms with Crippen molar-refractivity contribution in [1.82, 2.24) is 4.90 Å². The second-order valence-electron chi connectivity index (χ2n) is 4.89. The summed E-state index contributed by atoms with van der Waals surface area (Å²) in [6, 6.07) is 4.20. The molecule has 6 nitrogen and oxygen atoms in total. The molecule has 1 atom stereocenters. The van der Waals surface area contributed by atoms with Gasteiger partial charge in [0.05, 0.1) is 6.04 Å². The van der Waals surface area contributed by atoms with Crippen LogP contribution in [0.3, 0.4) is 0 Å². The Hall–Kier alpha value is -2.10. The second kappa shape index (κ2) is 5.84. The molecule has 2 rings (SSSR count). The van der Waals surface area contributed by atoms with E-state index in [1.54, 1.807) is 0 Å². The van der Waals surface area contributed by atoms with Gasteiger partial charge in [0.25, 0.3) is 0 Å². The monoisotopic (exact) mass is 351 g/mol. The molecule has 0 bridgehead atoms. The third-order valence-corrected chi connectivity index (χ3v) is 4.28. The molecule has 2 amide bonds. The van der Waals surface area contributed by atoms with Gasteiger partial charge in [-0.25, -0.2) is 0 Å². The van der Waals surface area contributed by atoms with Gasteiger partial charge in [-0.1, -0.05) is 12.1 Å². The first-order valence-electron chi connectivity index (χ1n) is 6.46. The van der Waals surface area contributed by atoms with Crippen molar-refractivity contribution in [2.45, 2.75) is 31.3 Å². The average molecular weight is 351 g/mol. The zero-order valence-corrected chi connectivity index (χ0v) is 12.6. The minimum atomic E-state index is -5.73. The fraction of sp³-hybridized carbons (Fsp3) is 0.385. The van der Waals surface area contributed by atoms with E-state index < -0.39 is 33.3 Å². The van der Waals surface area contributed by atoms with Crippen LogP contribution in [0.2, 0.25) is 0 Å². The van der Waals surface area contributed by atoms with E-state index in [1.165, 1.54) is 19.1 Å². The first-order valence-corrected chi connectivity index (χ1v) is 7.87. The molecule has 1 aliphatic heterocycles. The molecule has 1 fully saturated rings. The van der Waals surface area contributed by atoms with E-state index in [4.69, 9.17) is 0 Å². The van der Waals surface area contributed by atoms with Crippen LogP contribution >= 0.6 is 0 Å². The molecule has 10 heteroatoms. The number of nitrogens with zero attached hydrogens (tertiary/aromatic N) is 1. The van der Waals surface area contributed by atoms with Crippen LogP contribution in [-0.2, 0) is 19.7 Å². The number of carbonyl (C=O) groups excluding carboxylic acids is 2. The summed E-state index contributed by atoms with van der Waals surface area (Å²) >= 11 is 0. The number of imide groups is 1. The maximum absolute atomic E-state index is 12.2. The van der Waals surface area contributed by atoms with E-state index in [2.05, 4.69) is 4.18 Å². The van der Waals surface area contributed by atoms with E-state index >= 15 is 0 Å². The number of rotatable bonds is 3. The Kier molecular flexibility index (Phi) is 4.38. The molecular weight excluding hydrogens is 339 g/mol. The molecule has 0 spiro atoms. The number of hydrogen-bond donors (Lipinski definition) is 0. The normalized spacial score (nSPS) is 19.0. The lowest BCUT2D eigenvalue weighted by atomic mass is 10.0. The summed E-state index contributed by atoms with van der Waals surface area (Å²) in [7, 11) is -5.73. The molecule has 1 aliphatic rings. The average Bonchev–Trinajstić information content (AvgIpc) is 2.80. The standard InChI is InChI=1S/C13H12F3NO5S/c1-8(18)17-11(6-7-12(17)19)9-2-4-10(5-3-9)22-23(20,21)13(14,15)16/h2-5,11H,6-7H2,1H3. The van der Waals surface area contributed by atoms with Crippen molar-refractivity contribution < 1.29 is 35.4 Å². The van der Waals surface area contributed by atoms with Gasteiger partial charge in [-0.3, -0.25) is 14.5 Å². The summed E-state index contributed by atoms with van der Waals surface area (Å²) in [5, 5.41) is 0. The van der Waals surface area contributed by atoms with Crippen LogP contribution in [0.1, 0.15) is 31.4 Å². The lowest BCUT2D eigenvalue weighted by Crippen LogP contribution is -2.32. The highest BCUT2D eigenvalue weighted by Crippen LogP contribution is 2.34. The largest absolute Gasteiger partial charge is 0.534 e. The number of alkyl halides is 3. The van der Waals surface area contributed by atoms with Gasteiger partial charge < -0.3 is 4.18 Å². The molecule has 0 aliphatic carbocycles. The SMILES string of the molecule is CC(=O)N1C(=O)CCC1c1ccc(OS(=O)(=O)C(F)(F)F)cc1. The van der Waals surface area contributed by atoms with Crippen molar-refractivity contribution in [1.29, 1.82) is 0 Å². The lowest BCUT2D eigenvalue weighted by Gasteiger charge is -2.22. The predicted molar refractivity (Wildman–Crippen MR) is 71.5 cm³/mol. The summed E-state index contributed by atoms with van der Waals surface area (Å²) in [4.78, 5) is 24.2. The van der Waals surface area contributed by atoms with Crippen molar-refractivity contribution in [3.8, 4) is 5.75 Å². The minimum absolute atomic E-state index is 0.185. The summed E-state index contributed by atoms with van der Waals surface area (Å²) in [5.74, 6) is -1.27. The summed E-state index contributed by atoms with van der Waals surface area (Å²) in [6.07, 6.45) is 0.574. The van der Waals surface area contributed by atoms with E-state index in [9.17, 15) is 31.2 Å². The van der Waals surface area contributed by atoms with Gasteiger partial charge in [-0.05, 0) is 24.1 Å². The van der Waals surface area contributed by atoms with Gasteiger partial charge in [0.1, 0.15) is 5.75 Å². The molecule has 1 aromatic rings. The molecule has 0 N–H and O–H groups in total. The number of hydrogen-bond acceptors (Lipinski definition) is 5. The molecule has 0 radical (unpaired) electrons. The maximum atomic E-state index is 12.2. The van der Waals surface area contributed by atoms with E-state index in [0.29, 0.717) is 12.0 Å². The Morgan fingerprint density at radius 3 is 2.30 bits per heavy atom. The van der Waals surface area contributed by atoms with Gasteiger partial charge in [-0.2, -0.15) is 21.6 Å². The first-order chi connectivity index (χ1) is 10.5. The van der Waals surface area contributed by atoms with E-state index in [0.717, 1.165) is 17.0 Å². The fourth-order valence-electron chi connectivity index (χ4n) is 2.31. The second-order valence-corrected chi connectivity index (χ2v) is 6.43. The van der Waals surface area contributed by atoms with Gasteiger partial charge in [-0.15, -0.1) is 0 Å². The van der Waals surface area contributed by atoms with Crippen LogP contribution in [0.4, 0.5) is 13.2 Å². The number of amides is 2. The third-order valence-electron chi connectivity index (χ3n) is 3.31. The summed E-state index contributed by atoms with van der Waals surface area (Å²) in [6.45, 7) is 1.24. The molecule has 1 aromatic carbocycles. The fourth-order valence-corrected chi connectivity index (χ4v) is 2.77. The highest BCUT2D eigenvalue weighted by molar-refractivity contribution is 7.88. The van der Waals surface area contributed by atoms with Crippen molar-refractivity contribution in [3.05, 3.63) is 29.8 Å². The number of likely N-dealkylation sites (tertiary alicyclic amines) is 1. The molecule has 1 heterocycles. The van der Waals surface area contributed by atoms with E-state index in [1.807, 2.05) is 0 Å². The van der Waals surface area contributed by atoms with Gasteiger partial charge in [0, 0.05) is 13.3 Å². The molecule has 23 heavy (non-hydrogen) atoms. The van der Waals surface area contributed by atoms with Crippen LogP contribution in [0.15, 0.2) is 24.3 Å². The zero-order chi connectivity index (χ0) is 17.4. The van der Waals surface area contributed by atoms with Crippen LogP contribution in [-0.4, -0.2) is 30.6 Å². The Balaban J connectivity index is 2.21. The smallest absolute Gasteiger partial charge is 0.376 e. The first kappa shape index (κ1) is 17.3. The highest BCUT2D eigenvalue weighted by Gasteiger charge is 2.48. The summed E-state index contributed by atoms with van der Waals surface area (Å²) < 4.78 is 62.5. The van der Waals surface area contributed by atoms with Crippen LogP contribution in [0.25, 0.3) is 0 Å². The predicted octanol–water partition coefficient (Wildman–Crippen LogP) is 2.12. The van der Waals surface area contributed by atoms with Crippen molar-refractivity contribution in [3.63, 3.8) is 0 Å². The molecule has 0 aromatic heterocycles. The highest BCUT2D eigenvalue weighted by atomic mass is 32.2. The summed E-state index contributed by atoms with van der Waals surface area (Å²) in [5.41, 5.74) is -5.02. The maximum Gasteiger partial charge on any atom is 0.534 e. The van der Waals surface area contributed by atoms with Crippen LogP contribution < -0.4 is 4.18 Å². The van der Waals surface area contributed by atoms with Gasteiger partial charge in [0.15, 0.2) is 0 Å². The Labute approximate surface area is 130 Å². The van der Waals surface area contributed by atoms with Crippen molar-refractivity contribution in [2.75, 3.05) is 0 Å². The number of carbonyl (C=O) groups is 2. The Bertz CT molecular complexity index is 727. The number of halogens is 3. The van der Waals surface area contributed by atoms with E-state index in [-0.39, 0.29) is 12.3 Å². The zero-order valence-electron chi connectivity index (χ0n) is 11.8. The Morgan fingerprint density at radius 1 is 1.26 bits per heavy atom. The third kappa shape index (κ3) is 3.46. The minimum Gasteiger partial charge on any atom is -0.376 e. The van der Waals surface area contributed by atoms with Gasteiger partial charge in [0.2, 0.25) is 11.8 Å². The van der Waals surface area contributed by atoms with Crippen LogP contribution in [0, 0.1) is 0 Å². The topological polar surface area (TPSA) is 80.8 Å². The van der Waals surface area contributed by atoms with Crippen molar-refractivity contribution in [2.24, 2.45) is 0 Å². The Morgan fingerprint density at radius 2 is 1.83 bits per heavy atom. The van der Waals surface area contributed by atoms with Crippen LogP contribution in [0.5, 0.6) is 5.75 Å². The quantitative estimate of drug-likeness (QED) is 0.616. The van der Waals surface area contributed by atoms with Gasteiger partial charge >= 0.3 is 15.6 Å². The number of benzene rings is 1. The molecular formula is C13H12F3NO5S. The lowest BCUT2D eigenvalue weighted by molar-refractivity contribution is -0.142. The molecule has 1 saturated heterocycles. The van der Waals surface area contributed by atoms with Crippen molar-refractivity contribution >= 4 is 21.9 Å². The molecule has 0 saturated carbocycles.